The van der Waals surface area contributed by atoms with Gasteiger partial charge in [-0.2, -0.15) is 0 Å². The summed E-state index contributed by atoms with van der Waals surface area (Å²) in [7, 11) is 0. The molecule has 0 radical (unpaired) electrons. The van der Waals surface area contributed by atoms with Crippen LogP contribution >= 0.6 is 0 Å². The molecule has 1 aromatic rings. The Labute approximate surface area is 125 Å². The quantitative estimate of drug-likeness (QED) is 0.844. The van der Waals surface area contributed by atoms with E-state index in [1.807, 2.05) is 6.07 Å². The third-order valence-corrected chi connectivity index (χ3v) is 5.40. The van der Waals surface area contributed by atoms with E-state index in [0.29, 0.717) is 23.7 Å². The summed E-state index contributed by atoms with van der Waals surface area (Å²) in [5.74, 6) is 1.55. The third kappa shape index (κ3) is 2.60. The summed E-state index contributed by atoms with van der Waals surface area (Å²) in [6, 6.07) is 2.76. The van der Waals surface area contributed by atoms with Crippen LogP contribution in [-0.4, -0.2) is 28.0 Å². The van der Waals surface area contributed by atoms with Crippen LogP contribution in [-0.2, 0) is 0 Å². The fourth-order valence-electron chi connectivity index (χ4n) is 4.08. The van der Waals surface area contributed by atoms with Crippen LogP contribution in [0.15, 0.2) is 10.6 Å². The summed E-state index contributed by atoms with van der Waals surface area (Å²) in [5.41, 5.74) is 0.538. The molecule has 1 heterocycles. The molecule has 3 saturated carbocycles. The molecule has 0 bridgehead atoms. The summed E-state index contributed by atoms with van der Waals surface area (Å²) >= 11 is 0. The van der Waals surface area contributed by atoms with Gasteiger partial charge in [0.15, 0.2) is 5.69 Å². The van der Waals surface area contributed by atoms with Crippen molar-refractivity contribution in [3.8, 4) is 0 Å². The molecule has 3 fully saturated rings. The maximum Gasteiger partial charge on any atom is 0.276 e. The highest BCUT2D eigenvalue weighted by atomic mass is 16.5. The number of rotatable bonds is 4. The van der Waals surface area contributed by atoms with Crippen LogP contribution in [0.2, 0.25) is 0 Å². The first kappa shape index (κ1) is 13.4. The highest BCUT2D eigenvalue weighted by molar-refractivity contribution is 5.92. The molecule has 0 unspecified atom stereocenters. The molecular weight excluding hydrogens is 264 g/mol. The average Bonchev–Trinajstić information content (AvgIpc) is 2.98. The predicted octanol–water partition coefficient (Wildman–Crippen LogP) is 3.88. The molecule has 0 atom stereocenters. The summed E-state index contributed by atoms with van der Waals surface area (Å²) in [4.78, 5) is 15.2. The maximum absolute atomic E-state index is 13.0. The second kappa shape index (κ2) is 5.47. The number of aromatic nitrogens is 1. The minimum Gasteiger partial charge on any atom is -0.360 e. The van der Waals surface area contributed by atoms with Crippen LogP contribution in [0.1, 0.15) is 86.4 Å². The molecule has 4 nitrogen and oxygen atoms in total. The van der Waals surface area contributed by atoms with E-state index >= 15 is 0 Å². The topological polar surface area (TPSA) is 46.3 Å². The van der Waals surface area contributed by atoms with E-state index in [1.165, 1.54) is 38.5 Å². The first-order chi connectivity index (χ1) is 10.3. The number of hydrogen-bond donors (Lipinski definition) is 0. The van der Waals surface area contributed by atoms with E-state index < -0.39 is 0 Å². The molecule has 0 N–H and O–H groups in total. The van der Waals surface area contributed by atoms with Crippen molar-refractivity contribution in [3.63, 3.8) is 0 Å². The standard InChI is InChI=1S/C17H24N2O2/c20-17(15-11-16(21-18-15)12-9-10-12)19(13-5-1-2-6-13)14-7-3-4-8-14/h11-14H,1-10H2. The number of nitrogens with zero attached hydrogens (tertiary/aromatic N) is 2. The predicted molar refractivity (Wildman–Crippen MR) is 79.2 cm³/mol. The Bertz CT molecular complexity index is 493. The lowest BCUT2D eigenvalue weighted by molar-refractivity contribution is 0.0569. The molecule has 21 heavy (non-hydrogen) atoms. The Morgan fingerprint density at radius 2 is 1.57 bits per heavy atom. The zero-order chi connectivity index (χ0) is 14.2. The van der Waals surface area contributed by atoms with Crippen molar-refractivity contribution in [3.05, 3.63) is 17.5 Å². The van der Waals surface area contributed by atoms with Crippen molar-refractivity contribution in [1.82, 2.24) is 10.1 Å². The van der Waals surface area contributed by atoms with Gasteiger partial charge < -0.3 is 9.42 Å². The van der Waals surface area contributed by atoms with Gasteiger partial charge in [-0.3, -0.25) is 4.79 Å². The number of carbonyl (C=O) groups excluding carboxylic acids is 1. The second-order valence-corrected chi connectivity index (χ2v) is 6.98. The normalized spacial score (nSPS) is 23.8. The van der Waals surface area contributed by atoms with E-state index in [4.69, 9.17) is 4.52 Å². The van der Waals surface area contributed by atoms with Crippen molar-refractivity contribution < 1.29 is 9.32 Å². The summed E-state index contributed by atoms with van der Waals surface area (Å²) in [5, 5.41) is 4.07. The van der Waals surface area contributed by atoms with Crippen LogP contribution in [0.3, 0.4) is 0 Å². The van der Waals surface area contributed by atoms with Crippen LogP contribution < -0.4 is 0 Å². The van der Waals surface area contributed by atoms with Gasteiger partial charge in [0.1, 0.15) is 5.76 Å². The number of carbonyl (C=O) groups is 1. The molecule has 0 aliphatic heterocycles. The zero-order valence-electron chi connectivity index (χ0n) is 12.6. The molecule has 114 valence electrons. The molecule has 1 amide bonds. The number of amides is 1. The van der Waals surface area contributed by atoms with Gasteiger partial charge in [-0.15, -0.1) is 0 Å². The van der Waals surface area contributed by atoms with E-state index in [-0.39, 0.29) is 5.91 Å². The van der Waals surface area contributed by atoms with Crippen molar-refractivity contribution in [2.24, 2.45) is 0 Å². The molecule has 1 aromatic heterocycles. The van der Waals surface area contributed by atoms with Gasteiger partial charge >= 0.3 is 0 Å². The summed E-state index contributed by atoms with van der Waals surface area (Å²) < 4.78 is 5.39. The maximum atomic E-state index is 13.0. The van der Waals surface area contributed by atoms with Crippen LogP contribution in [0.25, 0.3) is 0 Å². The van der Waals surface area contributed by atoms with Crippen molar-refractivity contribution in [2.75, 3.05) is 0 Å². The molecule has 4 heteroatoms. The fraction of sp³-hybridized carbons (Fsp3) is 0.765. The summed E-state index contributed by atoms with van der Waals surface area (Å²) in [6.45, 7) is 0. The lowest BCUT2D eigenvalue weighted by Crippen LogP contribution is -2.45. The van der Waals surface area contributed by atoms with E-state index in [1.54, 1.807) is 0 Å². The van der Waals surface area contributed by atoms with Crippen LogP contribution in [0.5, 0.6) is 0 Å². The lowest BCUT2D eigenvalue weighted by Gasteiger charge is -2.34. The Balaban J connectivity index is 1.56. The Morgan fingerprint density at radius 3 is 2.10 bits per heavy atom. The largest absolute Gasteiger partial charge is 0.360 e. The summed E-state index contributed by atoms with van der Waals surface area (Å²) in [6.07, 6.45) is 12.0. The Morgan fingerprint density at radius 1 is 1.00 bits per heavy atom. The van der Waals surface area contributed by atoms with Gasteiger partial charge in [0.05, 0.1) is 0 Å². The van der Waals surface area contributed by atoms with Crippen LogP contribution in [0, 0.1) is 0 Å². The molecule has 0 spiro atoms. The number of hydrogen-bond acceptors (Lipinski definition) is 3. The smallest absolute Gasteiger partial charge is 0.276 e. The SMILES string of the molecule is O=C(c1cc(C2CC2)on1)N(C1CCCC1)C1CCCC1. The molecular formula is C17H24N2O2. The van der Waals surface area contributed by atoms with Gasteiger partial charge in [0, 0.05) is 24.1 Å². The average molecular weight is 288 g/mol. The minimum absolute atomic E-state index is 0.115. The molecule has 3 aliphatic rings. The molecule has 4 rings (SSSR count). The minimum atomic E-state index is 0.115. The van der Waals surface area contributed by atoms with Crippen molar-refractivity contribution in [2.45, 2.75) is 82.2 Å². The van der Waals surface area contributed by atoms with Crippen LogP contribution in [0.4, 0.5) is 0 Å². The third-order valence-electron chi connectivity index (χ3n) is 5.40. The first-order valence-corrected chi connectivity index (χ1v) is 8.62. The van der Waals surface area contributed by atoms with Crippen molar-refractivity contribution in [1.29, 1.82) is 0 Å². The van der Waals surface area contributed by atoms with E-state index in [2.05, 4.69) is 10.1 Å². The van der Waals surface area contributed by atoms with Gasteiger partial charge in [-0.1, -0.05) is 30.8 Å². The van der Waals surface area contributed by atoms with Gasteiger partial charge in [0.25, 0.3) is 5.91 Å². The molecule has 0 aromatic carbocycles. The monoisotopic (exact) mass is 288 g/mol. The fourth-order valence-corrected chi connectivity index (χ4v) is 4.08. The Hall–Kier alpha value is -1.32. The first-order valence-electron chi connectivity index (χ1n) is 8.62. The van der Waals surface area contributed by atoms with Gasteiger partial charge in [0.2, 0.25) is 0 Å². The van der Waals surface area contributed by atoms with Gasteiger partial charge in [-0.05, 0) is 38.5 Å². The van der Waals surface area contributed by atoms with Gasteiger partial charge in [-0.25, -0.2) is 0 Å². The zero-order valence-corrected chi connectivity index (χ0v) is 12.6. The van der Waals surface area contributed by atoms with Crippen molar-refractivity contribution >= 4 is 5.91 Å². The lowest BCUT2D eigenvalue weighted by atomic mass is 10.1. The Kier molecular flexibility index (Phi) is 3.48. The molecule has 0 saturated heterocycles. The van der Waals surface area contributed by atoms with E-state index in [0.717, 1.165) is 31.4 Å². The molecule has 3 aliphatic carbocycles. The second-order valence-electron chi connectivity index (χ2n) is 6.98. The van der Waals surface area contributed by atoms with E-state index in [9.17, 15) is 4.79 Å². The highest BCUT2D eigenvalue weighted by Gasteiger charge is 2.36. The highest BCUT2D eigenvalue weighted by Crippen LogP contribution is 2.40.